The van der Waals surface area contributed by atoms with Crippen molar-refractivity contribution in [3.8, 4) is 0 Å². The van der Waals surface area contributed by atoms with Crippen LogP contribution in [-0.2, 0) is 11.3 Å². The largest absolute Gasteiger partial charge is 0.354 e. The van der Waals surface area contributed by atoms with Crippen LogP contribution in [0.25, 0.3) is 0 Å². The molecule has 26 heavy (non-hydrogen) atoms. The van der Waals surface area contributed by atoms with Crippen molar-refractivity contribution in [3.05, 3.63) is 34.9 Å². The Balaban J connectivity index is 0.00000312. The Morgan fingerprint density at radius 2 is 1.88 bits per heavy atom. The third kappa shape index (κ3) is 8.45. The highest BCUT2D eigenvalue weighted by Gasteiger charge is 2.21. The summed E-state index contributed by atoms with van der Waals surface area (Å²) in [5.41, 5.74) is 7.11. The fourth-order valence-electron chi connectivity index (χ4n) is 3.21. The number of hydrogen-bond donors (Lipinski definition) is 2. The molecule has 0 aliphatic carbocycles. The van der Waals surface area contributed by atoms with Crippen molar-refractivity contribution in [1.29, 1.82) is 0 Å². The molecular formula is C19H32Cl3N3O. The number of nitrogens with one attached hydrogen (secondary N) is 1. The fraction of sp³-hybridized carbons (Fsp3) is 0.632. The number of carbonyl (C=O) groups excluding carboxylic acids is 1. The van der Waals surface area contributed by atoms with E-state index < -0.39 is 0 Å². The third-order valence-electron chi connectivity index (χ3n) is 4.69. The van der Waals surface area contributed by atoms with Crippen molar-refractivity contribution in [2.24, 2.45) is 17.6 Å². The van der Waals surface area contributed by atoms with Gasteiger partial charge in [-0.3, -0.25) is 9.69 Å². The van der Waals surface area contributed by atoms with Crippen LogP contribution in [0.1, 0.15) is 38.7 Å². The fourth-order valence-corrected chi connectivity index (χ4v) is 3.40. The topological polar surface area (TPSA) is 58.4 Å². The van der Waals surface area contributed by atoms with E-state index in [9.17, 15) is 4.79 Å². The molecule has 1 amide bonds. The number of likely N-dealkylation sites (tertiary alicyclic amines) is 1. The van der Waals surface area contributed by atoms with Crippen molar-refractivity contribution >= 4 is 42.3 Å². The third-order valence-corrected chi connectivity index (χ3v) is 5.05. The van der Waals surface area contributed by atoms with Crippen molar-refractivity contribution in [1.82, 2.24) is 10.2 Å². The van der Waals surface area contributed by atoms with Crippen LogP contribution in [0.5, 0.6) is 0 Å². The lowest BCUT2D eigenvalue weighted by Gasteiger charge is -2.32. The maximum atomic E-state index is 12.0. The van der Waals surface area contributed by atoms with Crippen LogP contribution >= 0.6 is 36.4 Å². The summed E-state index contributed by atoms with van der Waals surface area (Å²) in [6.45, 7) is 7.90. The van der Waals surface area contributed by atoms with Gasteiger partial charge in [0.25, 0.3) is 0 Å². The molecule has 2 rings (SSSR count). The average Bonchev–Trinajstić information content (AvgIpc) is 2.55. The number of amides is 1. The van der Waals surface area contributed by atoms with Crippen molar-refractivity contribution in [2.75, 3.05) is 19.6 Å². The van der Waals surface area contributed by atoms with Crippen LogP contribution in [0.4, 0.5) is 0 Å². The van der Waals surface area contributed by atoms with Gasteiger partial charge in [-0.15, -0.1) is 24.8 Å². The van der Waals surface area contributed by atoms with E-state index in [0.717, 1.165) is 50.5 Å². The van der Waals surface area contributed by atoms with Crippen LogP contribution < -0.4 is 11.1 Å². The molecule has 0 aromatic heterocycles. The van der Waals surface area contributed by atoms with Crippen LogP contribution in [-0.4, -0.2) is 36.5 Å². The summed E-state index contributed by atoms with van der Waals surface area (Å²) >= 11 is 6.24. The van der Waals surface area contributed by atoms with E-state index in [1.54, 1.807) is 0 Å². The molecule has 1 heterocycles. The lowest BCUT2D eigenvalue weighted by atomic mass is 9.96. The number of rotatable bonds is 7. The van der Waals surface area contributed by atoms with Gasteiger partial charge in [0, 0.05) is 18.1 Å². The summed E-state index contributed by atoms with van der Waals surface area (Å²) in [7, 11) is 0. The van der Waals surface area contributed by atoms with Crippen molar-refractivity contribution < 1.29 is 4.79 Å². The van der Waals surface area contributed by atoms with Gasteiger partial charge in [-0.25, -0.2) is 0 Å². The Morgan fingerprint density at radius 1 is 1.27 bits per heavy atom. The quantitative estimate of drug-likeness (QED) is 0.698. The molecule has 1 aliphatic heterocycles. The Labute approximate surface area is 175 Å². The summed E-state index contributed by atoms with van der Waals surface area (Å²) in [6, 6.07) is 7.64. The van der Waals surface area contributed by atoms with Gasteiger partial charge < -0.3 is 11.1 Å². The van der Waals surface area contributed by atoms with Crippen molar-refractivity contribution in [2.45, 2.75) is 45.7 Å². The lowest BCUT2D eigenvalue weighted by molar-refractivity contribution is -0.122. The van der Waals surface area contributed by atoms with Crippen LogP contribution in [0, 0.1) is 11.8 Å². The van der Waals surface area contributed by atoms with E-state index in [-0.39, 0.29) is 36.8 Å². The molecule has 150 valence electrons. The van der Waals surface area contributed by atoms with E-state index >= 15 is 0 Å². The summed E-state index contributed by atoms with van der Waals surface area (Å²) in [5.74, 6) is 0.976. The zero-order chi connectivity index (χ0) is 17.5. The Morgan fingerprint density at radius 3 is 2.46 bits per heavy atom. The Hall–Kier alpha value is -0.520. The highest BCUT2D eigenvalue weighted by atomic mass is 35.5. The standard InChI is InChI=1S/C19H30ClN3O.2ClH/c1-14(2)11-18(21)19(24)22-12-15-7-9-23(10-8-15)13-16-5-3-4-6-17(16)20;;/h3-6,14-15,18H,7-13,21H2,1-2H3,(H,22,24);2*1H/t18-;;/m0../s1. The zero-order valence-electron chi connectivity index (χ0n) is 15.6. The van der Waals surface area contributed by atoms with E-state index in [1.165, 1.54) is 5.56 Å². The summed E-state index contributed by atoms with van der Waals surface area (Å²) < 4.78 is 0. The first-order valence-electron chi connectivity index (χ1n) is 8.94. The van der Waals surface area contributed by atoms with Gasteiger partial charge in [0.05, 0.1) is 6.04 Å². The molecule has 4 nitrogen and oxygen atoms in total. The predicted molar refractivity (Wildman–Crippen MR) is 114 cm³/mol. The second-order valence-corrected chi connectivity index (χ2v) is 7.70. The zero-order valence-corrected chi connectivity index (χ0v) is 18.0. The number of piperidine rings is 1. The Kier molecular flexibility index (Phi) is 12.5. The molecule has 1 aromatic rings. The molecule has 7 heteroatoms. The minimum Gasteiger partial charge on any atom is -0.354 e. The highest BCUT2D eigenvalue weighted by molar-refractivity contribution is 6.31. The molecule has 1 fully saturated rings. The summed E-state index contributed by atoms with van der Waals surface area (Å²) in [6.07, 6.45) is 2.94. The number of nitrogens with zero attached hydrogens (tertiary/aromatic N) is 1. The lowest BCUT2D eigenvalue weighted by Crippen LogP contribution is -2.44. The number of carbonyl (C=O) groups is 1. The predicted octanol–water partition coefficient (Wildman–Crippen LogP) is 3.89. The van der Waals surface area contributed by atoms with E-state index in [0.29, 0.717) is 11.8 Å². The SMILES string of the molecule is CC(C)C[C@H](N)C(=O)NCC1CCN(Cc2ccccc2Cl)CC1.Cl.Cl. The molecule has 3 N–H and O–H groups in total. The second-order valence-electron chi connectivity index (χ2n) is 7.29. The molecule has 1 aromatic carbocycles. The second kappa shape index (κ2) is 12.8. The molecule has 1 saturated heterocycles. The van der Waals surface area contributed by atoms with Gasteiger partial charge in [0.15, 0.2) is 0 Å². The minimum absolute atomic E-state index is 0. The molecule has 0 saturated carbocycles. The first-order chi connectivity index (χ1) is 11.5. The van der Waals surface area contributed by atoms with Crippen molar-refractivity contribution in [3.63, 3.8) is 0 Å². The maximum absolute atomic E-state index is 12.0. The monoisotopic (exact) mass is 423 g/mol. The van der Waals surface area contributed by atoms with Crippen LogP contribution in [0.15, 0.2) is 24.3 Å². The number of hydrogen-bond acceptors (Lipinski definition) is 3. The molecule has 0 bridgehead atoms. The van der Waals surface area contributed by atoms with Gasteiger partial charge in [-0.05, 0) is 55.8 Å². The Bertz CT molecular complexity index is 535. The smallest absolute Gasteiger partial charge is 0.236 e. The van der Waals surface area contributed by atoms with E-state index in [1.807, 2.05) is 18.2 Å². The molecule has 0 spiro atoms. The first kappa shape index (κ1) is 25.5. The van der Waals surface area contributed by atoms with Gasteiger partial charge in [-0.2, -0.15) is 0 Å². The summed E-state index contributed by atoms with van der Waals surface area (Å²) in [5, 5.41) is 3.87. The number of halogens is 3. The first-order valence-corrected chi connectivity index (χ1v) is 9.32. The van der Waals surface area contributed by atoms with Gasteiger partial charge in [-0.1, -0.05) is 43.6 Å². The number of nitrogens with two attached hydrogens (primary N) is 1. The van der Waals surface area contributed by atoms with Crippen LogP contribution in [0.2, 0.25) is 5.02 Å². The number of benzene rings is 1. The average molecular weight is 425 g/mol. The van der Waals surface area contributed by atoms with Gasteiger partial charge in [0.2, 0.25) is 5.91 Å². The molecule has 0 unspecified atom stereocenters. The van der Waals surface area contributed by atoms with E-state index in [2.05, 4.69) is 30.1 Å². The van der Waals surface area contributed by atoms with Crippen LogP contribution in [0.3, 0.4) is 0 Å². The van der Waals surface area contributed by atoms with E-state index in [4.69, 9.17) is 17.3 Å². The normalized spacial score (nSPS) is 16.5. The molecular weight excluding hydrogens is 393 g/mol. The maximum Gasteiger partial charge on any atom is 0.236 e. The highest BCUT2D eigenvalue weighted by Crippen LogP contribution is 2.22. The molecule has 1 aliphatic rings. The molecule has 0 radical (unpaired) electrons. The molecule has 1 atom stereocenters. The minimum atomic E-state index is -0.384. The van der Waals surface area contributed by atoms with Gasteiger partial charge >= 0.3 is 0 Å². The van der Waals surface area contributed by atoms with Gasteiger partial charge in [0.1, 0.15) is 0 Å². The summed E-state index contributed by atoms with van der Waals surface area (Å²) in [4.78, 5) is 14.4.